The average Bonchev–Trinajstić information content (AvgIpc) is 2.62. The van der Waals surface area contributed by atoms with Crippen molar-refractivity contribution >= 4 is 17.7 Å². The normalized spacial score (nSPS) is 9.67. The van der Waals surface area contributed by atoms with E-state index >= 15 is 0 Å². The number of carboxylic acid groups (broad SMARTS) is 1. The third-order valence-corrected chi connectivity index (χ3v) is 2.11. The first kappa shape index (κ1) is 13.6. The summed E-state index contributed by atoms with van der Waals surface area (Å²) in [5, 5.41) is 11.4. The summed E-state index contributed by atoms with van der Waals surface area (Å²) in [6, 6.07) is 0. The molecule has 0 radical (unpaired) electrons. The third-order valence-electron chi connectivity index (χ3n) is 2.11. The van der Waals surface area contributed by atoms with Crippen LogP contribution < -0.4 is 10.1 Å². The van der Waals surface area contributed by atoms with Crippen molar-refractivity contribution in [3.05, 3.63) is 24.5 Å². The van der Waals surface area contributed by atoms with Crippen LogP contribution in [0.25, 0.3) is 0 Å². The van der Waals surface area contributed by atoms with E-state index in [1.807, 2.05) is 0 Å². The van der Waals surface area contributed by atoms with E-state index in [1.54, 1.807) is 0 Å². The number of nitrogens with one attached hydrogen (secondary N) is 1. The first-order valence-electron chi connectivity index (χ1n) is 5.02. The van der Waals surface area contributed by atoms with Crippen molar-refractivity contribution < 1.29 is 24.2 Å². The van der Waals surface area contributed by atoms with Gasteiger partial charge in [-0.25, -0.2) is 9.59 Å². The molecule has 98 valence electrons. The summed E-state index contributed by atoms with van der Waals surface area (Å²) in [5.41, 5.74) is 0.169. The molecule has 1 heterocycles. The van der Waals surface area contributed by atoms with Gasteiger partial charge in [0.05, 0.1) is 7.11 Å². The first-order chi connectivity index (χ1) is 8.51. The van der Waals surface area contributed by atoms with Crippen LogP contribution in [0.15, 0.2) is 18.9 Å². The summed E-state index contributed by atoms with van der Waals surface area (Å²) >= 11 is 0. The zero-order valence-corrected chi connectivity index (χ0v) is 10.1. The highest BCUT2D eigenvalue weighted by Crippen LogP contribution is 2.30. The molecule has 0 saturated heterocycles. The van der Waals surface area contributed by atoms with Gasteiger partial charge in [-0.1, -0.05) is 12.7 Å². The predicted molar refractivity (Wildman–Crippen MR) is 64.1 cm³/mol. The number of rotatable bonds is 5. The summed E-state index contributed by atoms with van der Waals surface area (Å²) in [6.45, 7) is 3.47. The van der Waals surface area contributed by atoms with Crippen LogP contribution in [-0.4, -0.2) is 35.5 Å². The van der Waals surface area contributed by atoms with Crippen LogP contribution in [0.5, 0.6) is 5.75 Å². The molecular formula is C11H14N2O5. The second-order valence-electron chi connectivity index (χ2n) is 3.35. The first-order valence-corrected chi connectivity index (χ1v) is 5.02. The maximum absolute atomic E-state index is 11.3. The second-order valence-corrected chi connectivity index (χ2v) is 3.35. The van der Waals surface area contributed by atoms with Crippen molar-refractivity contribution in [2.45, 2.75) is 0 Å². The molecule has 0 spiro atoms. The number of amides is 1. The van der Waals surface area contributed by atoms with Crippen molar-refractivity contribution in [1.29, 1.82) is 0 Å². The Labute approximate surface area is 104 Å². The van der Waals surface area contributed by atoms with E-state index in [4.69, 9.17) is 14.6 Å². The number of nitrogens with zero attached hydrogens (tertiary/aromatic N) is 1. The Morgan fingerprint density at radius 2 is 2.28 bits per heavy atom. The molecule has 0 aliphatic carbocycles. The van der Waals surface area contributed by atoms with E-state index < -0.39 is 12.1 Å². The number of hydrogen-bond donors (Lipinski definition) is 2. The van der Waals surface area contributed by atoms with Gasteiger partial charge < -0.3 is 19.1 Å². The lowest BCUT2D eigenvalue weighted by atomic mass is 10.3. The lowest BCUT2D eigenvalue weighted by Gasteiger charge is -2.06. The molecule has 0 atom stereocenters. The van der Waals surface area contributed by atoms with E-state index in [9.17, 15) is 9.59 Å². The lowest BCUT2D eigenvalue weighted by Crippen LogP contribution is -2.13. The van der Waals surface area contributed by atoms with Gasteiger partial charge in [-0.2, -0.15) is 0 Å². The minimum Gasteiger partial charge on any atom is -0.492 e. The van der Waals surface area contributed by atoms with Crippen molar-refractivity contribution in [2.24, 2.45) is 7.05 Å². The van der Waals surface area contributed by atoms with Gasteiger partial charge in [-0.3, -0.25) is 5.32 Å². The fraction of sp³-hybridized carbons (Fsp3) is 0.273. The highest BCUT2D eigenvalue weighted by molar-refractivity contribution is 5.95. The third kappa shape index (κ3) is 2.82. The SMILES string of the molecule is C=CCOC(=O)Nc1cn(C)c(C(=O)O)c1OC. The predicted octanol–water partition coefficient (Wildman–Crippen LogP) is 1.47. The summed E-state index contributed by atoms with van der Waals surface area (Å²) < 4.78 is 11.0. The monoisotopic (exact) mass is 254 g/mol. The quantitative estimate of drug-likeness (QED) is 0.776. The number of methoxy groups -OCH3 is 1. The summed E-state index contributed by atoms with van der Waals surface area (Å²) in [5.74, 6) is -1.08. The Kier molecular flexibility index (Phi) is 4.36. The number of anilines is 1. The molecule has 7 heteroatoms. The van der Waals surface area contributed by atoms with Gasteiger partial charge in [-0.05, 0) is 0 Å². The molecule has 2 N–H and O–H groups in total. The van der Waals surface area contributed by atoms with Crippen molar-refractivity contribution in [2.75, 3.05) is 19.0 Å². The van der Waals surface area contributed by atoms with E-state index in [0.29, 0.717) is 0 Å². The van der Waals surface area contributed by atoms with Crippen molar-refractivity contribution in [3.8, 4) is 5.75 Å². The van der Waals surface area contributed by atoms with Crippen LogP contribution in [0.1, 0.15) is 10.5 Å². The minimum absolute atomic E-state index is 0.0588. The van der Waals surface area contributed by atoms with Crippen LogP contribution in [0.2, 0.25) is 0 Å². The number of hydrogen-bond acceptors (Lipinski definition) is 4. The Balaban J connectivity index is 2.96. The van der Waals surface area contributed by atoms with E-state index in [-0.39, 0.29) is 23.7 Å². The van der Waals surface area contributed by atoms with Gasteiger partial charge in [0.2, 0.25) is 0 Å². The smallest absolute Gasteiger partial charge is 0.412 e. The molecule has 1 amide bonds. The zero-order chi connectivity index (χ0) is 13.7. The number of carbonyl (C=O) groups excluding carboxylic acids is 1. The molecule has 0 fully saturated rings. The molecule has 0 unspecified atom stereocenters. The second kappa shape index (κ2) is 5.76. The van der Waals surface area contributed by atoms with Crippen molar-refractivity contribution in [1.82, 2.24) is 4.57 Å². The fourth-order valence-corrected chi connectivity index (χ4v) is 1.43. The summed E-state index contributed by atoms with van der Waals surface area (Å²) in [4.78, 5) is 22.4. The van der Waals surface area contributed by atoms with Crippen LogP contribution >= 0.6 is 0 Å². The van der Waals surface area contributed by atoms with Crippen LogP contribution in [-0.2, 0) is 11.8 Å². The largest absolute Gasteiger partial charge is 0.492 e. The van der Waals surface area contributed by atoms with E-state index in [1.165, 1.54) is 31.0 Å². The topological polar surface area (TPSA) is 89.8 Å². The molecule has 1 aromatic heterocycles. The molecular weight excluding hydrogens is 240 g/mol. The van der Waals surface area contributed by atoms with Crippen LogP contribution in [0.3, 0.4) is 0 Å². The van der Waals surface area contributed by atoms with Gasteiger partial charge in [0, 0.05) is 13.2 Å². The van der Waals surface area contributed by atoms with E-state index in [0.717, 1.165) is 0 Å². The standard InChI is InChI=1S/C11H14N2O5/c1-4-5-18-11(16)12-7-6-13(2)8(10(14)15)9(7)17-3/h4,6H,1,5H2,2-3H3,(H,12,16)(H,14,15). The van der Waals surface area contributed by atoms with Crippen LogP contribution in [0.4, 0.5) is 10.5 Å². The molecule has 0 aromatic carbocycles. The number of carboxylic acids is 1. The highest BCUT2D eigenvalue weighted by Gasteiger charge is 2.22. The molecule has 0 aliphatic rings. The molecule has 1 rings (SSSR count). The lowest BCUT2D eigenvalue weighted by molar-refractivity contribution is 0.0682. The Morgan fingerprint density at radius 3 is 2.78 bits per heavy atom. The van der Waals surface area contributed by atoms with Gasteiger partial charge >= 0.3 is 12.1 Å². The number of aromatic nitrogens is 1. The Morgan fingerprint density at radius 1 is 1.61 bits per heavy atom. The number of aromatic carboxylic acids is 1. The van der Waals surface area contributed by atoms with E-state index in [2.05, 4.69) is 11.9 Å². The fourth-order valence-electron chi connectivity index (χ4n) is 1.43. The number of carbonyl (C=O) groups is 2. The zero-order valence-electron chi connectivity index (χ0n) is 10.1. The van der Waals surface area contributed by atoms with Crippen molar-refractivity contribution in [3.63, 3.8) is 0 Å². The summed E-state index contributed by atoms with van der Waals surface area (Å²) in [6.07, 6.45) is 2.14. The maximum Gasteiger partial charge on any atom is 0.412 e. The Hall–Kier alpha value is -2.44. The highest BCUT2D eigenvalue weighted by atomic mass is 16.5. The number of ether oxygens (including phenoxy) is 2. The van der Waals surface area contributed by atoms with Gasteiger partial charge in [-0.15, -0.1) is 0 Å². The number of aryl methyl sites for hydroxylation is 1. The molecule has 0 bridgehead atoms. The summed E-state index contributed by atoms with van der Waals surface area (Å²) in [7, 11) is 2.86. The average molecular weight is 254 g/mol. The molecule has 0 saturated carbocycles. The van der Waals surface area contributed by atoms with Gasteiger partial charge in [0.15, 0.2) is 11.4 Å². The minimum atomic E-state index is -1.15. The maximum atomic E-state index is 11.3. The molecule has 18 heavy (non-hydrogen) atoms. The van der Waals surface area contributed by atoms with Gasteiger partial charge in [0.25, 0.3) is 0 Å². The molecule has 0 aliphatic heterocycles. The van der Waals surface area contributed by atoms with Crippen LogP contribution in [0, 0.1) is 0 Å². The molecule has 1 aromatic rings. The Bertz CT molecular complexity index is 478. The van der Waals surface area contributed by atoms with Gasteiger partial charge in [0.1, 0.15) is 12.3 Å². The molecule has 7 nitrogen and oxygen atoms in total.